The molecule has 7 heteroatoms. The van der Waals surface area contributed by atoms with Crippen molar-refractivity contribution in [2.24, 2.45) is 5.92 Å². The zero-order chi connectivity index (χ0) is 29.0. The average molecular weight is 542 g/mol. The second kappa shape index (κ2) is 12.2. The first-order valence-corrected chi connectivity index (χ1v) is 13.5. The highest BCUT2D eigenvalue weighted by Crippen LogP contribution is 2.43. The van der Waals surface area contributed by atoms with Crippen LogP contribution in [0.3, 0.4) is 0 Å². The number of aryl methyl sites for hydroxylation is 2. The largest absolute Gasteiger partial charge is 0.507 e. The zero-order valence-electron chi connectivity index (χ0n) is 23.6. The predicted octanol–water partition coefficient (Wildman–Crippen LogP) is 6.53. The Labute approximate surface area is 235 Å². The molecule has 0 saturated carbocycles. The molecular weight excluding hydrogens is 506 g/mol. The van der Waals surface area contributed by atoms with Crippen molar-refractivity contribution in [3.05, 3.63) is 100 Å². The molecule has 1 unspecified atom stereocenters. The van der Waals surface area contributed by atoms with Crippen LogP contribution in [0, 0.1) is 19.8 Å². The second-order valence-electron chi connectivity index (χ2n) is 10.5. The summed E-state index contributed by atoms with van der Waals surface area (Å²) in [6, 6.07) is 18.2. The van der Waals surface area contributed by atoms with Gasteiger partial charge in [-0.25, -0.2) is 4.79 Å². The molecule has 0 radical (unpaired) electrons. The molecule has 3 aromatic rings. The highest BCUT2D eigenvalue weighted by molar-refractivity contribution is 6.51. The summed E-state index contributed by atoms with van der Waals surface area (Å²) in [5.41, 5.74) is 3.39. The lowest BCUT2D eigenvalue weighted by Gasteiger charge is -2.26. The smallest absolute Gasteiger partial charge is 0.338 e. The maximum Gasteiger partial charge on any atom is 0.338 e. The lowest BCUT2D eigenvalue weighted by Crippen LogP contribution is -2.29. The average Bonchev–Trinajstić information content (AvgIpc) is 3.20. The Hall–Kier alpha value is -4.39. The van der Waals surface area contributed by atoms with Gasteiger partial charge in [-0.2, -0.15) is 0 Å². The van der Waals surface area contributed by atoms with Crippen LogP contribution in [0.1, 0.15) is 65.8 Å². The number of aliphatic hydroxyl groups is 1. The first-order chi connectivity index (χ1) is 19.1. The van der Waals surface area contributed by atoms with E-state index < -0.39 is 23.7 Å². The predicted molar refractivity (Wildman–Crippen MR) is 154 cm³/mol. The van der Waals surface area contributed by atoms with E-state index in [2.05, 4.69) is 13.8 Å². The van der Waals surface area contributed by atoms with Gasteiger partial charge in [-0.1, -0.05) is 56.7 Å². The van der Waals surface area contributed by atoms with Gasteiger partial charge in [0.15, 0.2) is 0 Å². The van der Waals surface area contributed by atoms with Crippen LogP contribution in [0.15, 0.2) is 72.3 Å². The summed E-state index contributed by atoms with van der Waals surface area (Å²) in [6.07, 6.45) is 0.678. The minimum atomic E-state index is -0.904. The molecule has 1 heterocycles. The lowest BCUT2D eigenvalue weighted by molar-refractivity contribution is -0.132. The molecule has 7 nitrogen and oxygen atoms in total. The Morgan fingerprint density at radius 2 is 1.73 bits per heavy atom. The van der Waals surface area contributed by atoms with Gasteiger partial charge in [-0.05, 0) is 73.7 Å². The monoisotopic (exact) mass is 541 g/mol. The summed E-state index contributed by atoms with van der Waals surface area (Å²) in [4.78, 5) is 41.0. The maximum absolute atomic E-state index is 13.5. The van der Waals surface area contributed by atoms with E-state index in [1.807, 2.05) is 45.0 Å². The van der Waals surface area contributed by atoms with Crippen molar-refractivity contribution in [2.75, 3.05) is 18.1 Å². The number of anilines is 1. The van der Waals surface area contributed by atoms with Crippen molar-refractivity contribution in [3.8, 4) is 5.75 Å². The van der Waals surface area contributed by atoms with Gasteiger partial charge in [0.05, 0.1) is 30.4 Å². The Morgan fingerprint density at radius 3 is 2.40 bits per heavy atom. The molecule has 0 aromatic heterocycles. The second-order valence-corrected chi connectivity index (χ2v) is 10.5. The van der Waals surface area contributed by atoms with E-state index in [-0.39, 0.29) is 23.5 Å². The summed E-state index contributed by atoms with van der Waals surface area (Å²) >= 11 is 0. The highest BCUT2D eigenvalue weighted by atomic mass is 16.5. The normalized spacial score (nSPS) is 16.4. The van der Waals surface area contributed by atoms with Gasteiger partial charge < -0.3 is 14.6 Å². The van der Waals surface area contributed by atoms with E-state index in [4.69, 9.17) is 9.47 Å². The summed E-state index contributed by atoms with van der Waals surface area (Å²) in [7, 11) is 0. The van der Waals surface area contributed by atoms with Crippen LogP contribution in [0.5, 0.6) is 5.75 Å². The number of amides is 1. The molecule has 1 N–H and O–H groups in total. The maximum atomic E-state index is 13.5. The van der Waals surface area contributed by atoms with Crippen LogP contribution in [-0.2, 0) is 14.3 Å². The molecule has 1 aliphatic rings. The van der Waals surface area contributed by atoms with Crippen LogP contribution in [0.25, 0.3) is 5.76 Å². The summed E-state index contributed by atoms with van der Waals surface area (Å²) < 4.78 is 11.1. The van der Waals surface area contributed by atoms with Crippen molar-refractivity contribution in [2.45, 2.75) is 47.1 Å². The summed E-state index contributed by atoms with van der Waals surface area (Å²) in [5, 5.41) is 11.5. The fourth-order valence-corrected chi connectivity index (χ4v) is 4.69. The van der Waals surface area contributed by atoms with Gasteiger partial charge in [0.1, 0.15) is 11.5 Å². The zero-order valence-corrected chi connectivity index (χ0v) is 23.6. The molecule has 1 aliphatic heterocycles. The van der Waals surface area contributed by atoms with Crippen LogP contribution in [-0.4, -0.2) is 36.0 Å². The number of carbonyl (C=O) groups excluding carboxylic acids is 3. The minimum absolute atomic E-state index is 0.0233. The third-order valence-electron chi connectivity index (χ3n) is 6.62. The number of carbonyl (C=O) groups is 3. The molecule has 208 valence electrons. The third-order valence-corrected chi connectivity index (χ3v) is 6.62. The van der Waals surface area contributed by atoms with Gasteiger partial charge in [-0.3, -0.25) is 14.5 Å². The van der Waals surface area contributed by atoms with Gasteiger partial charge in [0, 0.05) is 11.3 Å². The van der Waals surface area contributed by atoms with Crippen LogP contribution in [0.2, 0.25) is 0 Å². The molecule has 4 rings (SSSR count). The van der Waals surface area contributed by atoms with Crippen molar-refractivity contribution in [3.63, 3.8) is 0 Å². The van der Waals surface area contributed by atoms with E-state index in [9.17, 15) is 19.5 Å². The fourth-order valence-electron chi connectivity index (χ4n) is 4.69. The highest BCUT2D eigenvalue weighted by Gasteiger charge is 2.47. The van der Waals surface area contributed by atoms with E-state index in [1.165, 1.54) is 11.0 Å². The Bertz CT molecular complexity index is 1470. The number of rotatable bonds is 9. The number of hydrogen-bond donors (Lipinski definition) is 1. The topological polar surface area (TPSA) is 93.1 Å². The van der Waals surface area contributed by atoms with Crippen LogP contribution in [0.4, 0.5) is 5.69 Å². The number of esters is 1. The molecule has 1 atom stereocenters. The third kappa shape index (κ3) is 5.93. The van der Waals surface area contributed by atoms with Gasteiger partial charge in [-0.15, -0.1) is 0 Å². The lowest BCUT2D eigenvalue weighted by atomic mass is 9.93. The van der Waals surface area contributed by atoms with E-state index in [0.29, 0.717) is 41.5 Å². The Balaban J connectivity index is 1.83. The fraction of sp³-hybridized carbons (Fsp3) is 0.303. The SMILES string of the molecule is CCCOC(=O)c1cccc(N2C(=O)C(=O)/C(=C(/O)c3ccc(OCC(C)C)c(C)c3)C2c2cccc(C)c2)c1. The molecule has 0 bridgehead atoms. The van der Waals surface area contributed by atoms with Gasteiger partial charge in [0.2, 0.25) is 0 Å². The molecule has 1 saturated heterocycles. The molecule has 0 aliphatic carbocycles. The molecular formula is C33H35NO6. The van der Waals surface area contributed by atoms with Gasteiger partial charge >= 0.3 is 5.97 Å². The number of ether oxygens (including phenoxy) is 2. The van der Waals surface area contributed by atoms with E-state index in [1.54, 1.807) is 36.4 Å². The Kier molecular flexibility index (Phi) is 8.73. The quantitative estimate of drug-likeness (QED) is 0.143. The van der Waals surface area contributed by atoms with Crippen LogP contribution < -0.4 is 9.64 Å². The van der Waals surface area contributed by atoms with Gasteiger partial charge in [0.25, 0.3) is 11.7 Å². The number of aliphatic hydroxyl groups excluding tert-OH is 1. The summed E-state index contributed by atoms with van der Waals surface area (Å²) in [6.45, 7) is 10.6. The van der Waals surface area contributed by atoms with Crippen molar-refractivity contribution in [1.82, 2.24) is 0 Å². The number of Topliss-reactive ketones (excluding diaryl/α,β-unsaturated/α-hetero) is 1. The number of hydrogen-bond acceptors (Lipinski definition) is 6. The first-order valence-electron chi connectivity index (χ1n) is 13.5. The number of ketones is 1. The minimum Gasteiger partial charge on any atom is -0.507 e. The molecule has 0 spiro atoms. The first kappa shape index (κ1) is 28.6. The van der Waals surface area contributed by atoms with E-state index >= 15 is 0 Å². The van der Waals surface area contributed by atoms with E-state index in [0.717, 1.165) is 11.1 Å². The summed E-state index contributed by atoms with van der Waals surface area (Å²) in [5.74, 6) is -1.34. The molecule has 1 amide bonds. The number of benzene rings is 3. The standard InChI is InChI=1S/C33H35NO6/c1-6-15-39-33(38)25-11-8-12-26(18-25)34-29(23-10-7-9-21(4)16-23)28(31(36)32(34)37)30(35)24-13-14-27(22(5)17-24)40-19-20(2)3/h7-14,16-18,20,29,35H,6,15,19H2,1-5H3/b30-28+. The van der Waals surface area contributed by atoms with Crippen molar-refractivity contribution >= 4 is 29.1 Å². The molecule has 1 fully saturated rings. The van der Waals surface area contributed by atoms with Crippen molar-refractivity contribution in [1.29, 1.82) is 0 Å². The molecule has 3 aromatic carbocycles. The molecule has 40 heavy (non-hydrogen) atoms. The number of nitrogens with zero attached hydrogens (tertiary/aromatic N) is 1. The van der Waals surface area contributed by atoms with Crippen LogP contribution >= 0.6 is 0 Å². The Morgan fingerprint density at radius 1 is 0.975 bits per heavy atom. The van der Waals surface area contributed by atoms with Crippen molar-refractivity contribution < 1.29 is 29.0 Å².